The van der Waals surface area contributed by atoms with E-state index in [4.69, 9.17) is 4.74 Å². The van der Waals surface area contributed by atoms with Crippen molar-refractivity contribution in [2.75, 3.05) is 20.2 Å². The lowest BCUT2D eigenvalue weighted by Crippen LogP contribution is -2.40. The van der Waals surface area contributed by atoms with E-state index in [1.165, 1.54) is 0 Å². The van der Waals surface area contributed by atoms with E-state index in [2.05, 4.69) is 4.98 Å². The number of hydrogen-bond acceptors (Lipinski definition) is 4. The molecule has 146 valence electrons. The summed E-state index contributed by atoms with van der Waals surface area (Å²) in [5, 5.41) is 0. The topological polar surface area (TPSA) is 69.4 Å². The van der Waals surface area contributed by atoms with E-state index >= 15 is 0 Å². The maximum Gasteiger partial charge on any atom is 0.330 e. The highest BCUT2D eigenvalue weighted by Gasteiger charge is 2.25. The lowest BCUT2D eigenvalue weighted by molar-refractivity contribution is 0.0682. The average Bonchev–Trinajstić information content (AvgIpc) is 2.99. The van der Waals surface area contributed by atoms with Crippen LogP contribution in [0.3, 0.4) is 0 Å². The van der Waals surface area contributed by atoms with Gasteiger partial charge in [0.1, 0.15) is 5.75 Å². The third kappa shape index (κ3) is 3.28. The van der Waals surface area contributed by atoms with Crippen molar-refractivity contribution in [1.82, 2.24) is 19.0 Å². The molecule has 0 aliphatic carbocycles. The maximum atomic E-state index is 12.8. The lowest BCUT2D eigenvalue weighted by atomic mass is 9.96. The number of carbonyl (C=O) groups excluding carboxylic acids is 1. The number of benzene rings is 1. The van der Waals surface area contributed by atoms with Gasteiger partial charge in [0.15, 0.2) is 5.65 Å². The fraction of sp³-hybridized carbons (Fsp3) is 0.381. The molecule has 1 aromatic carbocycles. The molecule has 1 amide bonds. The summed E-state index contributed by atoms with van der Waals surface area (Å²) in [6.07, 6.45) is 3.45. The predicted octanol–water partition coefficient (Wildman–Crippen LogP) is 2.30. The third-order valence-corrected chi connectivity index (χ3v) is 5.56. The predicted molar refractivity (Wildman–Crippen MR) is 107 cm³/mol. The second kappa shape index (κ2) is 7.50. The maximum absolute atomic E-state index is 12.8. The Bertz CT molecular complexity index is 1060. The van der Waals surface area contributed by atoms with Gasteiger partial charge in [-0.15, -0.1) is 0 Å². The van der Waals surface area contributed by atoms with Crippen LogP contribution in [-0.2, 0) is 13.6 Å². The number of piperidine rings is 1. The van der Waals surface area contributed by atoms with Crippen LogP contribution in [0.4, 0.5) is 0 Å². The molecule has 0 unspecified atom stereocenters. The van der Waals surface area contributed by atoms with Crippen LogP contribution in [0.2, 0.25) is 0 Å². The molecule has 1 aliphatic heterocycles. The van der Waals surface area contributed by atoms with Crippen molar-refractivity contribution in [3.63, 3.8) is 0 Å². The number of nitrogens with zero attached hydrogens (tertiary/aromatic N) is 4. The molecule has 7 heteroatoms. The Morgan fingerprint density at radius 3 is 2.75 bits per heavy atom. The Morgan fingerprint density at radius 1 is 1.21 bits per heavy atom. The van der Waals surface area contributed by atoms with Gasteiger partial charge in [0.05, 0.1) is 12.6 Å². The van der Waals surface area contributed by atoms with Gasteiger partial charge in [0.2, 0.25) is 0 Å². The van der Waals surface area contributed by atoms with Crippen LogP contribution >= 0.6 is 0 Å². The fourth-order valence-corrected chi connectivity index (χ4v) is 3.91. The van der Waals surface area contributed by atoms with Crippen molar-refractivity contribution >= 4 is 17.1 Å². The normalized spacial score (nSPS) is 15.1. The Morgan fingerprint density at radius 2 is 2.00 bits per heavy atom. The minimum Gasteiger partial charge on any atom is -0.497 e. The second-order valence-corrected chi connectivity index (χ2v) is 7.27. The van der Waals surface area contributed by atoms with Gasteiger partial charge in [-0.05, 0) is 49.1 Å². The van der Waals surface area contributed by atoms with Crippen LogP contribution in [0.15, 0.2) is 47.4 Å². The first-order valence-corrected chi connectivity index (χ1v) is 9.52. The molecule has 0 atom stereocenters. The molecular weight excluding hydrogens is 356 g/mol. The number of carbonyl (C=O) groups is 1. The molecule has 1 aliphatic rings. The van der Waals surface area contributed by atoms with Gasteiger partial charge in [-0.1, -0.05) is 6.07 Å². The van der Waals surface area contributed by atoms with Gasteiger partial charge in [0, 0.05) is 38.4 Å². The first kappa shape index (κ1) is 18.3. The van der Waals surface area contributed by atoms with Crippen LogP contribution in [0.1, 0.15) is 23.2 Å². The van der Waals surface area contributed by atoms with Crippen molar-refractivity contribution in [2.24, 2.45) is 13.0 Å². The number of hydrogen-bond donors (Lipinski definition) is 0. The summed E-state index contributed by atoms with van der Waals surface area (Å²) in [7, 11) is 3.37. The fourth-order valence-electron chi connectivity index (χ4n) is 3.91. The van der Waals surface area contributed by atoms with Gasteiger partial charge < -0.3 is 9.64 Å². The van der Waals surface area contributed by atoms with E-state index in [1.807, 2.05) is 35.2 Å². The van der Waals surface area contributed by atoms with Crippen LogP contribution in [0.25, 0.3) is 11.2 Å². The van der Waals surface area contributed by atoms with Gasteiger partial charge >= 0.3 is 5.69 Å². The summed E-state index contributed by atoms with van der Waals surface area (Å²) in [4.78, 5) is 31.6. The van der Waals surface area contributed by atoms with Crippen molar-refractivity contribution in [3.8, 4) is 5.75 Å². The zero-order chi connectivity index (χ0) is 19.7. The molecule has 0 spiro atoms. The number of pyridine rings is 1. The van der Waals surface area contributed by atoms with Gasteiger partial charge in [-0.2, -0.15) is 0 Å². The zero-order valence-corrected chi connectivity index (χ0v) is 16.2. The Kier molecular flexibility index (Phi) is 4.90. The lowest BCUT2D eigenvalue weighted by Gasteiger charge is -2.32. The standard InChI is InChI=1S/C21H24N4O3/c1-23-18-7-4-10-22-19(18)25(21(23)27)14-15-8-11-24(12-9-15)20(26)16-5-3-6-17(13-16)28-2/h3-7,10,13,15H,8-9,11-12,14H2,1-2H3. The second-order valence-electron chi connectivity index (χ2n) is 7.27. The number of methoxy groups -OCH3 is 1. The molecule has 0 radical (unpaired) electrons. The first-order chi connectivity index (χ1) is 13.6. The molecule has 1 fully saturated rings. The van der Waals surface area contributed by atoms with E-state index in [-0.39, 0.29) is 11.6 Å². The number of aryl methyl sites for hydroxylation is 1. The number of rotatable bonds is 4. The van der Waals surface area contributed by atoms with Gasteiger partial charge in [-0.25, -0.2) is 9.78 Å². The minimum atomic E-state index is -0.0383. The molecule has 7 nitrogen and oxygen atoms in total. The molecule has 3 aromatic rings. The molecule has 0 N–H and O–H groups in total. The smallest absolute Gasteiger partial charge is 0.330 e. The Hall–Kier alpha value is -3.09. The monoisotopic (exact) mass is 380 g/mol. The number of fused-ring (bicyclic) bond motifs is 1. The average molecular weight is 380 g/mol. The highest BCUT2D eigenvalue weighted by Crippen LogP contribution is 2.23. The highest BCUT2D eigenvalue weighted by atomic mass is 16.5. The quantitative estimate of drug-likeness (QED) is 0.696. The van der Waals surface area contributed by atoms with E-state index in [0.29, 0.717) is 36.9 Å². The summed E-state index contributed by atoms with van der Waals surface area (Å²) in [5.41, 5.74) is 2.18. The molecular formula is C21H24N4O3. The number of amides is 1. The molecule has 0 bridgehead atoms. The molecule has 0 saturated carbocycles. The Balaban J connectivity index is 1.44. The van der Waals surface area contributed by atoms with Crippen molar-refractivity contribution in [1.29, 1.82) is 0 Å². The molecule has 2 aromatic heterocycles. The molecule has 28 heavy (non-hydrogen) atoms. The summed E-state index contributed by atoms with van der Waals surface area (Å²) < 4.78 is 8.62. The number of aromatic nitrogens is 3. The zero-order valence-electron chi connectivity index (χ0n) is 16.2. The summed E-state index contributed by atoms with van der Waals surface area (Å²) in [6.45, 7) is 2.01. The SMILES string of the molecule is COc1cccc(C(=O)N2CCC(Cn3c(=O)n(C)c4cccnc43)CC2)c1. The van der Waals surface area contributed by atoms with E-state index in [9.17, 15) is 9.59 Å². The Labute approximate surface area is 163 Å². The van der Waals surface area contributed by atoms with E-state index < -0.39 is 0 Å². The van der Waals surface area contributed by atoms with E-state index in [0.717, 1.165) is 24.0 Å². The van der Waals surface area contributed by atoms with Crippen LogP contribution in [-0.4, -0.2) is 45.1 Å². The van der Waals surface area contributed by atoms with Crippen LogP contribution in [0, 0.1) is 5.92 Å². The minimum absolute atomic E-state index is 0.0290. The van der Waals surface area contributed by atoms with Crippen LogP contribution < -0.4 is 10.4 Å². The van der Waals surface area contributed by atoms with Gasteiger partial charge in [-0.3, -0.25) is 13.9 Å². The summed E-state index contributed by atoms with van der Waals surface area (Å²) in [5.74, 6) is 1.06. The van der Waals surface area contributed by atoms with Crippen LogP contribution in [0.5, 0.6) is 5.75 Å². The number of imidazole rings is 1. The van der Waals surface area contributed by atoms with Crippen molar-refractivity contribution in [3.05, 3.63) is 58.6 Å². The van der Waals surface area contributed by atoms with E-state index in [1.54, 1.807) is 35.6 Å². The molecule has 3 heterocycles. The van der Waals surface area contributed by atoms with Crippen molar-refractivity contribution < 1.29 is 9.53 Å². The summed E-state index contributed by atoms with van der Waals surface area (Å²) in [6, 6.07) is 11.0. The molecule has 4 rings (SSSR count). The largest absolute Gasteiger partial charge is 0.497 e. The van der Waals surface area contributed by atoms with Crippen molar-refractivity contribution in [2.45, 2.75) is 19.4 Å². The number of likely N-dealkylation sites (tertiary alicyclic amines) is 1. The summed E-state index contributed by atoms with van der Waals surface area (Å²) >= 11 is 0. The molecule has 1 saturated heterocycles. The van der Waals surface area contributed by atoms with Gasteiger partial charge in [0.25, 0.3) is 5.91 Å². The first-order valence-electron chi connectivity index (χ1n) is 9.52. The number of ether oxygens (including phenoxy) is 1. The highest BCUT2D eigenvalue weighted by molar-refractivity contribution is 5.94. The third-order valence-electron chi connectivity index (χ3n) is 5.56.